The van der Waals surface area contributed by atoms with Gasteiger partial charge in [0.05, 0.1) is 22.8 Å². The average Bonchev–Trinajstić information content (AvgIpc) is 3.03. The second-order valence-corrected chi connectivity index (χ2v) is 7.03. The van der Waals surface area contributed by atoms with E-state index in [1.807, 2.05) is 52.9 Å². The van der Waals surface area contributed by atoms with Crippen molar-refractivity contribution < 1.29 is 9.90 Å². The number of nitrogens with one attached hydrogen (secondary N) is 1. The maximum absolute atomic E-state index is 11.8. The largest absolute Gasteiger partial charge is 0.400 e. The minimum Gasteiger partial charge on any atom is -0.400 e. The lowest BCUT2D eigenvalue weighted by molar-refractivity contribution is -0.115. The van der Waals surface area contributed by atoms with E-state index in [-0.39, 0.29) is 5.92 Å². The number of hydrogen-bond acceptors (Lipinski definition) is 6. The Kier molecular flexibility index (Phi) is 7.99. The monoisotopic (exact) mass is 375 g/mol. The minimum absolute atomic E-state index is 0.200. The first-order valence-electron chi connectivity index (χ1n) is 9.03. The smallest absolute Gasteiger partial charge is 0.126 e. The van der Waals surface area contributed by atoms with Gasteiger partial charge in [0.1, 0.15) is 6.29 Å². The summed E-state index contributed by atoms with van der Waals surface area (Å²) in [5.41, 5.74) is 16.9. The highest BCUT2D eigenvalue weighted by Gasteiger charge is 2.35. The highest BCUT2D eigenvalue weighted by molar-refractivity contribution is 5.73. The van der Waals surface area contributed by atoms with Crippen molar-refractivity contribution in [1.82, 2.24) is 9.78 Å². The number of benzene rings is 1. The van der Waals surface area contributed by atoms with Crippen molar-refractivity contribution in [3.05, 3.63) is 40.7 Å². The number of aliphatic hydroxyl groups is 1. The number of carbonyl (C=O) groups is 1. The molecule has 150 valence electrons. The number of carbonyl (C=O) groups excluding carboxylic acids is 1. The van der Waals surface area contributed by atoms with Crippen LogP contribution in [0.4, 0.5) is 11.4 Å². The summed E-state index contributed by atoms with van der Waals surface area (Å²) in [4.78, 5) is 11.8. The van der Waals surface area contributed by atoms with Gasteiger partial charge < -0.3 is 26.7 Å². The molecule has 6 N–H and O–H groups in total. The minimum atomic E-state index is -0.628. The van der Waals surface area contributed by atoms with E-state index in [1.54, 1.807) is 4.68 Å². The molecule has 1 heterocycles. The molecule has 7 nitrogen and oxygen atoms in total. The van der Waals surface area contributed by atoms with E-state index in [0.717, 1.165) is 48.1 Å². The standard InChI is InChI=1S/C19H29N5O.CH4O/c1-6-22-15-8-7-14(12(2)18(15)21)17(19(3,4)11-25)16-9-13(10-20)24(5)23-16;1-2/h7-9,11,17,22H,6,10,20-21H2,1-5H3;2H,1H3. The van der Waals surface area contributed by atoms with Crippen LogP contribution in [0, 0.1) is 12.3 Å². The van der Waals surface area contributed by atoms with Gasteiger partial charge in [0.15, 0.2) is 0 Å². The number of aldehydes is 1. The van der Waals surface area contributed by atoms with E-state index in [4.69, 9.17) is 16.6 Å². The molecule has 0 aliphatic carbocycles. The number of hydrogen-bond donors (Lipinski definition) is 4. The summed E-state index contributed by atoms with van der Waals surface area (Å²) in [5, 5.41) is 14.9. The SMILES string of the molecule is CCNc1ccc(C(c2cc(CN)n(C)n2)C(C)(C)C=O)c(C)c1N.CO. The molecule has 0 amide bonds. The summed E-state index contributed by atoms with van der Waals surface area (Å²) in [5.74, 6) is -0.200. The molecule has 1 atom stereocenters. The fourth-order valence-corrected chi connectivity index (χ4v) is 3.27. The molecule has 0 bridgehead atoms. The fourth-order valence-electron chi connectivity index (χ4n) is 3.27. The van der Waals surface area contributed by atoms with Crippen molar-refractivity contribution in [1.29, 1.82) is 0 Å². The fraction of sp³-hybridized carbons (Fsp3) is 0.500. The second-order valence-electron chi connectivity index (χ2n) is 7.03. The number of nitrogen functional groups attached to an aromatic ring is 1. The van der Waals surface area contributed by atoms with Crippen LogP contribution in [-0.4, -0.2) is 34.8 Å². The van der Waals surface area contributed by atoms with Gasteiger partial charge in [0.25, 0.3) is 0 Å². The Bertz CT molecular complexity index is 768. The van der Waals surface area contributed by atoms with Gasteiger partial charge in [-0.15, -0.1) is 0 Å². The van der Waals surface area contributed by atoms with Crippen LogP contribution in [0.5, 0.6) is 0 Å². The molecule has 0 aliphatic heterocycles. The first-order chi connectivity index (χ1) is 12.8. The van der Waals surface area contributed by atoms with Gasteiger partial charge >= 0.3 is 0 Å². The van der Waals surface area contributed by atoms with Crippen LogP contribution < -0.4 is 16.8 Å². The molecule has 1 unspecified atom stereocenters. The van der Waals surface area contributed by atoms with Gasteiger partial charge in [0, 0.05) is 38.6 Å². The third-order valence-electron chi connectivity index (χ3n) is 4.78. The Morgan fingerprint density at radius 2 is 2.00 bits per heavy atom. The number of rotatable bonds is 7. The maximum atomic E-state index is 11.8. The van der Waals surface area contributed by atoms with Crippen LogP contribution in [0.1, 0.15) is 49.2 Å². The van der Waals surface area contributed by atoms with Crippen LogP contribution in [0.3, 0.4) is 0 Å². The van der Waals surface area contributed by atoms with Crippen LogP contribution in [0.15, 0.2) is 18.2 Å². The van der Waals surface area contributed by atoms with E-state index >= 15 is 0 Å². The lowest BCUT2D eigenvalue weighted by Gasteiger charge is -2.30. The van der Waals surface area contributed by atoms with Crippen molar-refractivity contribution in [3.63, 3.8) is 0 Å². The van der Waals surface area contributed by atoms with Gasteiger partial charge in [-0.1, -0.05) is 19.9 Å². The highest BCUT2D eigenvalue weighted by Crippen LogP contribution is 2.42. The Labute approximate surface area is 161 Å². The first kappa shape index (κ1) is 22.7. The molecular formula is C20H33N5O2. The Balaban J connectivity index is 0.00000176. The Morgan fingerprint density at radius 1 is 1.37 bits per heavy atom. The van der Waals surface area contributed by atoms with Crippen LogP contribution >= 0.6 is 0 Å². The van der Waals surface area contributed by atoms with E-state index in [0.29, 0.717) is 12.2 Å². The molecule has 2 rings (SSSR count). The van der Waals surface area contributed by atoms with Crippen molar-refractivity contribution >= 4 is 17.7 Å². The molecule has 2 aromatic rings. The van der Waals surface area contributed by atoms with E-state index in [2.05, 4.69) is 10.4 Å². The third kappa shape index (κ3) is 4.67. The number of nitrogens with zero attached hydrogens (tertiary/aromatic N) is 2. The van der Waals surface area contributed by atoms with Crippen molar-refractivity contribution in [2.45, 2.75) is 40.2 Å². The molecular weight excluding hydrogens is 342 g/mol. The van der Waals surface area contributed by atoms with Gasteiger partial charge in [-0.05, 0) is 37.1 Å². The molecule has 27 heavy (non-hydrogen) atoms. The summed E-state index contributed by atoms with van der Waals surface area (Å²) < 4.78 is 1.77. The second kappa shape index (κ2) is 9.53. The number of aliphatic hydroxyl groups excluding tert-OH is 1. The summed E-state index contributed by atoms with van der Waals surface area (Å²) in [6.45, 7) is 9.07. The zero-order valence-electron chi connectivity index (χ0n) is 17.2. The van der Waals surface area contributed by atoms with Crippen molar-refractivity contribution in [2.24, 2.45) is 18.2 Å². The number of aromatic nitrogens is 2. The summed E-state index contributed by atoms with van der Waals surface area (Å²) in [7, 11) is 2.87. The predicted molar refractivity (Wildman–Crippen MR) is 111 cm³/mol. The van der Waals surface area contributed by atoms with Crippen molar-refractivity contribution in [2.75, 3.05) is 24.7 Å². The van der Waals surface area contributed by atoms with Crippen LogP contribution in [-0.2, 0) is 18.4 Å². The summed E-state index contributed by atoms with van der Waals surface area (Å²) >= 11 is 0. The molecule has 0 fully saturated rings. The van der Waals surface area contributed by atoms with Gasteiger partial charge in [-0.2, -0.15) is 5.10 Å². The molecule has 0 saturated heterocycles. The zero-order valence-corrected chi connectivity index (χ0v) is 17.2. The predicted octanol–water partition coefficient (Wildman–Crippen LogP) is 2.17. The highest BCUT2D eigenvalue weighted by atomic mass is 16.2. The molecule has 0 radical (unpaired) electrons. The lowest BCUT2D eigenvalue weighted by Crippen LogP contribution is -2.26. The normalized spacial score (nSPS) is 12.1. The molecule has 1 aromatic carbocycles. The molecule has 7 heteroatoms. The number of anilines is 2. The van der Waals surface area contributed by atoms with E-state index in [9.17, 15) is 4.79 Å². The quantitative estimate of drug-likeness (QED) is 0.435. The van der Waals surface area contributed by atoms with E-state index in [1.165, 1.54) is 0 Å². The van der Waals surface area contributed by atoms with E-state index < -0.39 is 5.41 Å². The topological polar surface area (TPSA) is 119 Å². The number of aryl methyl sites for hydroxylation is 1. The molecule has 1 aromatic heterocycles. The van der Waals surface area contributed by atoms with Crippen LogP contribution in [0.2, 0.25) is 0 Å². The lowest BCUT2D eigenvalue weighted by atomic mass is 9.72. The summed E-state index contributed by atoms with van der Waals surface area (Å²) in [6.07, 6.45) is 0.988. The third-order valence-corrected chi connectivity index (χ3v) is 4.78. The molecule has 0 aliphatic rings. The first-order valence-corrected chi connectivity index (χ1v) is 9.03. The van der Waals surface area contributed by atoms with Crippen molar-refractivity contribution in [3.8, 4) is 0 Å². The zero-order chi connectivity index (χ0) is 20.8. The average molecular weight is 376 g/mol. The van der Waals surface area contributed by atoms with Gasteiger partial charge in [-0.3, -0.25) is 4.68 Å². The molecule has 0 spiro atoms. The molecule has 0 saturated carbocycles. The Hall–Kier alpha value is -2.38. The summed E-state index contributed by atoms with van der Waals surface area (Å²) in [6, 6.07) is 5.99. The number of nitrogens with two attached hydrogens (primary N) is 2. The van der Waals surface area contributed by atoms with Gasteiger partial charge in [0.2, 0.25) is 0 Å². The maximum Gasteiger partial charge on any atom is 0.126 e. The van der Waals surface area contributed by atoms with Gasteiger partial charge in [-0.25, -0.2) is 0 Å². The van der Waals surface area contributed by atoms with Crippen LogP contribution in [0.25, 0.3) is 0 Å². The Morgan fingerprint density at radius 3 is 2.48 bits per heavy atom.